The van der Waals surface area contributed by atoms with Crippen molar-refractivity contribution in [2.75, 3.05) is 0 Å². The van der Waals surface area contributed by atoms with Gasteiger partial charge in [0.2, 0.25) is 0 Å². The molecule has 18 heavy (non-hydrogen) atoms. The molecule has 0 saturated carbocycles. The fourth-order valence-electron chi connectivity index (χ4n) is 1.48. The molecule has 0 bridgehead atoms. The summed E-state index contributed by atoms with van der Waals surface area (Å²) in [6, 6.07) is 5.00. The van der Waals surface area contributed by atoms with Crippen molar-refractivity contribution < 1.29 is 4.39 Å². The molecule has 0 saturated heterocycles. The number of nitrogens with zero attached hydrogens (tertiary/aromatic N) is 2. The van der Waals surface area contributed by atoms with Crippen LogP contribution in [-0.4, -0.2) is 9.97 Å². The molecule has 1 aromatic carbocycles. The molecule has 3 nitrogen and oxygen atoms in total. The Kier molecular flexibility index (Phi) is 4.28. The van der Waals surface area contributed by atoms with Crippen LogP contribution < -0.4 is 5.73 Å². The Morgan fingerprint density at radius 3 is 2.67 bits per heavy atom. The number of rotatable bonds is 4. The standard InChI is InChI=1S/C13H14FN3S/c1-9-6-16-13(17-7-9)18-8-10-2-3-12(14)11(4-10)5-15/h2-4,6-7H,5,8,15H2,1H3. The summed E-state index contributed by atoms with van der Waals surface area (Å²) < 4.78 is 13.3. The summed E-state index contributed by atoms with van der Waals surface area (Å²) in [5.41, 5.74) is 8.07. The van der Waals surface area contributed by atoms with Crippen LogP contribution in [0.4, 0.5) is 4.39 Å². The van der Waals surface area contributed by atoms with Crippen LogP contribution in [0.15, 0.2) is 35.7 Å². The average Bonchev–Trinajstić information content (AvgIpc) is 2.39. The lowest BCUT2D eigenvalue weighted by Crippen LogP contribution is -2.00. The Bertz CT molecular complexity index is 528. The molecule has 1 aromatic heterocycles. The Balaban J connectivity index is 2.04. The summed E-state index contributed by atoms with van der Waals surface area (Å²) in [5.74, 6) is 0.453. The molecule has 2 rings (SSSR count). The number of benzene rings is 1. The van der Waals surface area contributed by atoms with Crippen LogP contribution in [0.25, 0.3) is 0 Å². The monoisotopic (exact) mass is 263 g/mol. The SMILES string of the molecule is Cc1cnc(SCc2ccc(F)c(CN)c2)nc1. The van der Waals surface area contributed by atoms with Gasteiger partial charge >= 0.3 is 0 Å². The van der Waals surface area contributed by atoms with Gasteiger partial charge in [0.05, 0.1) is 0 Å². The number of thioether (sulfide) groups is 1. The van der Waals surface area contributed by atoms with Crippen LogP contribution in [-0.2, 0) is 12.3 Å². The highest BCUT2D eigenvalue weighted by Gasteiger charge is 2.03. The van der Waals surface area contributed by atoms with Crippen LogP contribution in [0.2, 0.25) is 0 Å². The van der Waals surface area contributed by atoms with Gasteiger partial charge < -0.3 is 5.73 Å². The van der Waals surface area contributed by atoms with E-state index in [-0.39, 0.29) is 12.4 Å². The third-order valence-electron chi connectivity index (χ3n) is 2.46. The molecule has 0 spiro atoms. The summed E-state index contributed by atoms with van der Waals surface area (Å²) in [7, 11) is 0. The van der Waals surface area contributed by atoms with E-state index in [4.69, 9.17) is 5.73 Å². The molecule has 0 atom stereocenters. The molecule has 0 amide bonds. The van der Waals surface area contributed by atoms with Crippen molar-refractivity contribution in [1.82, 2.24) is 9.97 Å². The van der Waals surface area contributed by atoms with E-state index in [1.54, 1.807) is 24.5 Å². The third-order valence-corrected chi connectivity index (χ3v) is 3.40. The Labute approximate surface area is 110 Å². The minimum absolute atomic E-state index is 0.214. The highest BCUT2D eigenvalue weighted by Crippen LogP contribution is 2.20. The van der Waals surface area contributed by atoms with E-state index >= 15 is 0 Å². The highest BCUT2D eigenvalue weighted by atomic mass is 32.2. The Morgan fingerprint density at radius 2 is 2.00 bits per heavy atom. The van der Waals surface area contributed by atoms with E-state index in [0.29, 0.717) is 11.3 Å². The number of halogens is 1. The normalized spacial score (nSPS) is 10.6. The topological polar surface area (TPSA) is 51.8 Å². The van der Waals surface area contributed by atoms with Crippen molar-refractivity contribution in [2.45, 2.75) is 24.4 Å². The summed E-state index contributed by atoms with van der Waals surface area (Å²) in [5, 5.41) is 0.722. The zero-order valence-corrected chi connectivity index (χ0v) is 10.9. The summed E-state index contributed by atoms with van der Waals surface area (Å²) >= 11 is 1.52. The first kappa shape index (κ1) is 13.0. The quantitative estimate of drug-likeness (QED) is 0.680. The maximum absolute atomic E-state index is 13.3. The van der Waals surface area contributed by atoms with Gasteiger partial charge in [-0.15, -0.1) is 0 Å². The molecule has 94 valence electrons. The summed E-state index contributed by atoms with van der Waals surface area (Å²) in [4.78, 5) is 8.41. The van der Waals surface area contributed by atoms with Crippen LogP contribution >= 0.6 is 11.8 Å². The molecule has 0 aliphatic heterocycles. The average molecular weight is 263 g/mol. The smallest absolute Gasteiger partial charge is 0.187 e. The second-order valence-corrected chi connectivity index (χ2v) is 4.90. The largest absolute Gasteiger partial charge is 0.326 e. The Morgan fingerprint density at radius 1 is 1.28 bits per heavy atom. The number of aryl methyl sites for hydroxylation is 1. The van der Waals surface area contributed by atoms with Crippen molar-refractivity contribution in [3.63, 3.8) is 0 Å². The van der Waals surface area contributed by atoms with E-state index in [1.165, 1.54) is 17.8 Å². The third kappa shape index (κ3) is 3.27. The lowest BCUT2D eigenvalue weighted by Gasteiger charge is -2.04. The van der Waals surface area contributed by atoms with Gasteiger partial charge in [-0.25, -0.2) is 14.4 Å². The van der Waals surface area contributed by atoms with Crippen LogP contribution in [0.3, 0.4) is 0 Å². The fraction of sp³-hybridized carbons (Fsp3) is 0.231. The zero-order valence-electron chi connectivity index (χ0n) is 10.1. The summed E-state index contributed by atoms with van der Waals surface area (Å²) in [6.07, 6.45) is 3.57. The lowest BCUT2D eigenvalue weighted by atomic mass is 10.1. The molecule has 5 heteroatoms. The van der Waals surface area contributed by atoms with Crippen molar-refractivity contribution in [1.29, 1.82) is 0 Å². The number of nitrogens with two attached hydrogens (primary N) is 1. The summed E-state index contributed by atoms with van der Waals surface area (Å²) in [6.45, 7) is 2.16. The molecule has 2 N–H and O–H groups in total. The van der Waals surface area contributed by atoms with Crippen molar-refractivity contribution in [3.8, 4) is 0 Å². The number of hydrogen-bond acceptors (Lipinski definition) is 4. The van der Waals surface area contributed by atoms with Crippen molar-refractivity contribution in [3.05, 3.63) is 53.1 Å². The first-order valence-corrected chi connectivity index (χ1v) is 6.56. The van der Waals surface area contributed by atoms with Gasteiger partial charge in [0.15, 0.2) is 5.16 Å². The second kappa shape index (κ2) is 5.93. The zero-order chi connectivity index (χ0) is 13.0. The van der Waals surface area contributed by atoms with Crippen LogP contribution in [0, 0.1) is 12.7 Å². The van der Waals surface area contributed by atoms with Gasteiger partial charge in [-0.3, -0.25) is 0 Å². The number of hydrogen-bond donors (Lipinski definition) is 1. The molecule has 0 aliphatic rings. The second-order valence-electron chi connectivity index (χ2n) is 3.96. The first-order chi connectivity index (χ1) is 8.69. The molecule has 1 heterocycles. The molecular weight excluding hydrogens is 249 g/mol. The molecule has 0 unspecified atom stereocenters. The van der Waals surface area contributed by atoms with E-state index in [1.807, 2.05) is 6.92 Å². The predicted octanol–water partition coefficient (Wildman–Crippen LogP) is 2.68. The van der Waals surface area contributed by atoms with Gasteiger partial charge in [-0.05, 0) is 24.1 Å². The number of aromatic nitrogens is 2. The molecule has 0 radical (unpaired) electrons. The van der Waals surface area contributed by atoms with E-state index in [9.17, 15) is 4.39 Å². The molecule has 0 fully saturated rings. The fourth-order valence-corrected chi connectivity index (χ4v) is 2.21. The first-order valence-electron chi connectivity index (χ1n) is 5.58. The van der Waals surface area contributed by atoms with Crippen LogP contribution in [0.5, 0.6) is 0 Å². The van der Waals surface area contributed by atoms with E-state index in [0.717, 1.165) is 16.3 Å². The molecular formula is C13H14FN3S. The highest BCUT2D eigenvalue weighted by molar-refractivity contribution is 7.98. The van der Waals surface area contributed by atoms with Crippen molar-refractivity contribution >= 4 is 11.8 Å². The molecule has 0 aliphatic carbocycles. The lowest BCUT2D eigenvalue weighted by molar-refractivity contribution is 0.610. The van der Waals surface area contributed by atoms with E-state index in [2.05, 4.69) is 9.97 Å². The Hall–Kier alpha value is -1.46. The van der Waals surface area contributed by atoms with Gasteiger partial charge in [0, 0.05) is 30.3 Å². The van der Waals surface area contributed by atoms with Gasteiger partial charge in [-0.2, -0.15) is 0 Å². The minimum Gasteiger partial charge on any atom is -0.326 e. The predicted molar refractivity (Wildman–Crippen MR) is 70.6 cm³/mol. The van der Waals surface area contributed by atoms with Gasteiger partial charge in [0.25, 0.3) is 0 Å². The minimum atomic E-state index is -0.252. The maximum atomic E-state index is 13.3. The van der Waals surface area contributed by atoms with Crippen LogP contribution in [0.1, 0.15) is 16.7 Å². The van der Waals surface area contributed by atoms with E-state index < -0.39 is 0 Å². The maximum Gasteiger partial charge on any atom is 0.187 e. The van der Waals surface area contributed by atoms with Crippen molar-refractivity contribution in [2.24, 2.45) is 5.73 Å². The molecule has 2 aromatic rings. The van der Waals surface area contributed by atoms with Gasteiger partial charge in [0.1, 0.15) is 5.82 Å². The van der Waals surface area contributed by atoms with Gasteiger partial charge in [-0.1, -0.05) is 23.9 Å².